The van der Waals surface area contributed by atoms with Crippen LogP contribution in [0.4, 0.5) is 0 Å². The number of rotatable bonds is 10. The number of nitrogens with zero attached hydrogens (tertiary/aromatic N) is 2. The molecule has 0 radical (unpaired) electrons. The normalized spacial score (nSPS) is 15.8. The van der Waals surface area contributed by atoms with Crippen LogP contribution < -0.4 is 20.7 Å². The van der Waals surface area contributed by atoms with Crippen molar-refractivity contribution >= 4 is 11.9 Å². The van der Waals surface area contributed by atoms with E-state index in [1.165, 1.54) is 0 Å². The molecule has 1 fully saturated rings. The second-order valence-electron chi connectivity index (χ2n) is 7.51. The van der Waals surface area contributed by atoms with Crippen molar-refractivity contribution in [3.05, 3.63) is 29.8 Å². The Bertz CT molecular complexity index is 642. The van der Waals surface area contributed by atoms with Crippen LogP contribution in [0.25, 0.3) is 0 Å². The zero-order valence-corrected chi connectivity index (χ0v) is 18.2. The number of nitrogens with one attached hydrogen (secondary N) is 3. The van der Waals surface area contributed by atoms with Gasteiger partial charge in [-0.15, -0.1) is 0 Å². The van der Waals surface area contributed by atoms with Gasteiger partial charge in [0.15, 0.2) is 5.96 Å². The Kier molecular flexibility index (Phi) is 10.3. The summed E-state index contributed by atoms with van der Waals surface area (Å²) in [4.78, 5) is 18.4. The fraction of sp³-hybridized carbons (Fsp3) is 0.636. The molecule has 7 nitrogen and oxygen atoms in total. The van der Waals surface area contributed by atoms with Crippen LogP contribution in [0.5, 0.6) is 5.75 Å². The quantitative estimate of drug-likeness (QED) is 0.316. The minimum Gasteiger partial charge on any atom is -0.493 e. The van der Waals surface area contributed by atoms with Gasteiger partial charge in [-0.1, -0.05) is 25.1 Å². The predicted molar refractivity (Wildman–Crippen MR) is 119 cm³/mol. The molecule has 1 amide bonds. The maximum absolute atomic E-state index is 11.8. The van der Waals surface area contributed by atoms with Crippen molar-refractivity contribution in [2.75, 3.05) is 46.4 Å². The largest absolute Gasteiger partial charge is 0.493 e. The molecule has 0 atom stereocenters. The van der Waals surface area contributed by atoms with Crippen molar-refractivity contribution in [1.29, 1.82) is 0 Å². The molecule has 29 heavy (non-hydrogen) atoms. The van der Waals surface area contributed by atoms with E-state index in [1.54, 1.807) is 7.05 Å². The van der Waals surface area contributed by atoms with E-state index in [4.69, 9.17) is 4.74 Å². The summed E-state index contributed by atoms with van der Waals surface area (Å²) in [5.74, 6) is 1.91. The summed E-state index contributed by atoms with van der Waals surface area (Å²) in [6, 6.07) is 8.46. The third kappa shape index (κ3) is 8.73. The Labute approximate surface area is 175 Å². The van der Waals surface area contributed by atoms with Gasteiger partial charge in [-0.3, -0.25) is 14.7 Å². The van der Waals surface area contributed by atoms with E-state index in [0.29, 0.717) is 19.2 Å². The van der Waals surface area contributed by atoms with E-state index < -0.39 is 0 Å². The zero-order valence-electron chi connectivity index (χ0n) is 18.2. The highest BCUT2D eigenvalue weighted by atomic mass is 16.5. The number of aliphatic imine (C=N–C) groups is 1. The van der Waals surface area contributed by atoms with Gasteiger partial charge in [0.25, 0.3) is 0 Å². The first-order valence-corrected chi connectivity index (χ1v) is 10.8. The maximum Gasteiger partial charge on any atom is 0.234 e. The van der Waals surface area contributed by atoms with Gasteiger partial charge in [0.2, 0.25) is 5.91 Å². The van der Waals surface area contributed by atoms with Gasteiger partial charge in [0, 0.05) is 39.3 Å². The molecular weight excluding hydrogens is 366 g/mol. The number of piperidine rings is 1. The first-order valence-electron chi connectivity index (χ1n) is 10.8. The number of carbonyl (C=O) groups is 1. The van der Waals surface area contributed by atoms with Gasteiger partial charge in [0.1, 0.15) is 5.75 Å². The summed E-state index contributed by atoms with van der Waals surface area (Å²) >= 11 is 0. The molecule has 1 aromatic rings. The number of ether oxygens (including phenoxy) is 1. The molecule has 0 bridgehead atoms. The summed E-state index contributed by atoms with van der Waals surface area (Å²) in [7, 11) is 1.80. The van der Waals surface area contributed by atoms with Gasteiger partial charge in [-0.25, -0.2) is 0 Å². The average Bonchev–Trinajstić information content (AvgIpc) is 2.73. The molecule has 0 saturated carbocycles. The van der Waals surface area contributed by atoms with Crippen molar-refractivity contribution in [3.8, 4) is 5.75 Å². The van der Waals surface area contributed by atoms with Crippen molar-refractivity contribution in [2.24, 2.45) is 4.99 Å². The molecule has 0 spiro atoms. The van der Waals surface area contributed by atoms with E-state index in [1.807, 2.05) is 18.2 Å². The first kappa shape index (κ1) is 23.0. The maximum atomic E-state index is 11.8. The monoisotopic (exact) mass is 403 g/mol. The number of para-hydroxylation sites is 1. The van der Waals surface area contributed by atoms with Crippen molar-refractivity contribution in [3.63, 3.8) is 0 Å². The van der Waals surface area contributed by atoms with Gasteiger partial charge < -0.3 is 20.7 Å². The molecule has 3 N–H and O–H groups in total. The molecule has 0 aliphatic carbocycles. The Morgan fingerprint density at radius 1 is 1.21 bits per heavy atom. The number of guanidine groups is 1. The highest BCUT2D eigenvalue weighted by Gasteiger charge is 2.21. The van der Waals surface area contributed by atoms with Crippen LogP contribution in [0.1, 0.15) is 38.2 Å². The summed E-state index contributed by atoms with van der Waals surface area (Å²) in [6.45, 7) is 8.72. The first-order chi connectivity index (χ1) is 14.1. The highest BCUT2D eigenvalue weighted by Crippen LogP contribution is 2.16. The smallest absolute Gasteiger partial charge is 0.234 e. The highest BCUT2D eigenvalue weighted by molar-refractivity contribution is 5.80. The number of hydrogen-bond donors (Lipinski definition) is 3. The topological polar surface area (TPSA) is 78.0 Å². The molecule has 1 saturated heterocycles. The number of amides is 1. The second-order valence-corrected chi connectivity index (χ2v) is 7.51. The van der Waals surface area contributed by atoms with Crippen molar-refractivity contribution < 1.29 is 9.53 Å². The molecule has 0 aromatic heterocycles. The summed E-state index contributed by atoms with van der Waals surface area (Å²) in [5.41, 5.74) is 1.16. The number of benzene rings is 1. The number of carbonyl (C=O) groups excluding carboxylic acids is 1. The third-order valence-corrected chi connectivity index (χ3v) is 5.06. The average molecular weight is 404 g/mol. The lowest BCUT2D eigenvalue weighted by Crippen LogP contribution is -2.50. The molecule has 1 aliphatic heterocycles. The minimum atomic E-state index is 0.128. The fourth-order valence-corrected chi connectivity index (χ4v) is 3.33. The van der Waals surface area contributed by atoms with Crippen LogP contribution in [0.15, 0.2) is 29.3 Å². The van der Waals surface area contributed by atoms with Gasteiger partial charge in [-0.05, 0) is 44.2 Å². The summed E-state index contributed by atoms with van der Waals surface area (Å²) in [5, 5.41) is 9.81. The van der Waals surface area contributed by atoms with Crippen LogP contribution in [0, 0.1) is 6.92 Å². The molecule has 7 heteroatoms. The van der Waals surface area contributed by atoms with E-state index in [2.05, 4.69) is 45.8 Å². The Hall–Kier alpha value is -2.28. The fourth-order valence-electron chi connectivity index (χ4n) is 3.33. The van der Waals surface area contributed by atoms with E-state index >= 15 is 0 Å². The Morgan fingerprint density at radius 2 is 1.97 bits per heavy atom. The lowest BCUT2D eigenvalue weighted by atomic mass is 10.1. The number of aryl methyl sites for hydroxylation is 1. The Balaban J connectivity index is 1.59. The van der Waals surface area contributed by atoms with Crippen molar-refractivity contribution in [2.45, 2.75) is 45.6 Å². The third-order valence-electron chi connectivity index (χ3n) is 5.06. The SMILES string of the molecule is CCCNC(=O)CN1CCC(NC(=NC)NCCCOc2ccccc2C)CC1. The van der Waals surface area contributed by atoms with E-state index in [9.17, 15) is 4.79 Å². The van der Waals surface area contributed by atoms with Crippen LogP contribution in [0.3, 0.4) is 0 Å². The number of likely N-dealkylation sites (tertiary alicyclic amines) is 1. The second kappa shape index (κ2) is 13.0. The van der Waals surface area contributed by atoms with Crippen LogP contribution in [-0.4, -0.2) is 69.2 Å². The van der Waals surface area contributed by atoms with E-state index in [-0.39, 0.29) is 5.91 Å². The number of hydrogen-bond acceptors (Lipinski definition) is 4. The lowest BCUT2D eigenvalue weighted by molar-refractivity contribution is -0.122. The van der Waals surface area contributed by atoms with Crippen LogP contribution in [-0.2, 0) is 4.79 Å². The van der Waals surface area contributed by atoms with Gasteiger partial charge in [-0.2, -0.15) is 0 Å². The molecular formula is C22H37N5O2. The molecule has 2 rings (SSSR count). The Morgan fingerprint density at radius 3 is 2.66 bits per heavy atom. The summed E-state index contributed by atoms with van der Waals surface area (Å²) < 4.78 is 5.83. The van der Waals surface area contributed by atoms with E-state index in [0.717, 1.165) is 69.1 Å². The summed E-state index contributed by atoms with van der Waals surface area (Å²) in [6.07, 6.45) is 3.90. The molecule has 1 aromatic carbocycles. The van der Waals surface area contributed by atoms with Crippen LogP contribution in [0.2, 0.25) is 0 Å². The van der Waals surface area contributed by atoms with Crippen LogP contribution >= 0.6 is 0 Å². The minimum absolute atomic E-state index is 0.128. The molecule has 0 unspecified atom stereocenters. The molecule has 1 heterocycles. The molecule has 162 valence electrons. The predicted octanol–water partition coefficient (Wildman–Crippen LogP) is 1.92. The van der Waals surface area contributed by atoms with Gasteiger partial charge >= 0.3 is 0 Å². The van der Waals surface area contributed by atoms with Crippen molar-refractivity contribution in [1.82, 2.24) is 20.9 Å². The lowest BCUT2D eigenvalue weighted by Gasteiger charge is -2.32. The molecule has 1 aliphatic rings. The van der Waals surface area contributed by atoms with Gasteiger partial charge in [0.05, 0.1) is 13.2 Å². The zero-order chi connectivity index (χ0) is 20.9. The standard InChI is InChI=1S/C22H37N5O2/c1-4-12-24-21(28)17-27-14-10-19(11-15-27)26-22(23-3)25-13-7-16-29-20-9-6-5-8-18(20)2/h5-6,8-9,19H,4,7,10-17H2,1-3H3,(H,24,28)(H2,23,25,26).